The number of imidazole rings is 1. The number of pyridine rings is 1. The van der Waals surface area contributed by atoms with Crippen LogP contribution in [0.25, 0.3) is 113 Å². The van der Waals surface area contributed by atoms with Gasteiger partial charge in [0.25, 0.3) is 0 Å². The maximum Gasteiger partial charge on any atom is 0.0780 e. The van der Waals surface area contributed by atoms with E-state index in [4.69, 9.17) is 4.98 Å². The van der Waals surface area contributed by atoms with Gasteiger partial charge in [-0.2, -0.15) is 11.3 Å². The summed E-state index contributed by atoms with van der Waals surface area (Å²) in [5.41, 5.74) is 7.53. The van der Waals surface area contributed by atoms with Crippen LogP contribution in [-0.4, -0.2) is 14.4 Å². The Morgan fingerprint density at radius 1 is 0.500 bits per heavy atom. The second-order valence-corrected chi connectivity index (χ2v) is 16.7. The Labute approximate surface area is 375 Å². The number of para-hydroxylation sites is 2. The van der Waals surface area contributed by atoms with Crippen LogP contribution in [0.3, 0.4) is 0 Å². The molecule has 295 valence electrons. The molecule has 0 aliphatic carbocycles. The quantitative estimate of drug-likeness (QED) is 0.128. The third kappa shape index (κ3) is 6.20. The van der Waals surface area contributed by atoms with Gasteiger partial charge in [0.2, 0.25) is 0 Å². The summed E-state index contributed by atoms with van der Waals surface area (Å²) in [6.07, 6.45) is 1.79. The molecule has 0 aliphatic heterocycles. The predicted molar refractivity (Wildman–Crippen MR) is 259 cm³/mol. The Morgan fingerprint density at radius 2 is 1.19 bits per heavy atom. The fourth-order valence-electron chi connectivity index (χ4n) is 9.21. The molecule has 0 amide bonds. The van der Waals surface area contributed by atoms with Crippen LogP contribution < -0.4 is 0 Å². The number of nitrogens with zero attached hydrogens (tertiary/aromatic N) is 3. The van der Waals surface area contributed by atoms with Crippen LogP contribution in [0.2, 0.25) is 0 Å². The Bertz CT molecular complexity index is 3850. The van der Waals surface area contributed by atoms with E-state index in [1.807, 2.05) is 53.8 Å². The van der Waals surface area contributed by atoms with Crippen molar-refractivity contribution in [1.29, 1.82) is 0 Å². The second-order valence-electron chi connectivity index (χ2n) is 15.6. The molecule has 0 saturated heterocycles. The van der Waals surface area contributed by atoms with Crippen LogP contribution in [0.4, 0.5) is 0 Å². The number of fused-ring (bicyclic) bond motifs is 13. The van der Waals surface area contributed by atoms with Crippen LogP contribution >= 0.6 is 11.3 Å². The average molecular weight is 986 g/mol. The molecule has 0 saturated carbocycles. The molecule has 0 atom stereocenters. The number of benzene rings is 9. The first kappa shape index (κ1) is 37.9. The number of hydrogen-bond donors (Lipinski definition) is 0. The van der Waals surface area contributed by atoms with Gasteiger partial charge in [-0.25, -0.2) is 0 Å². The Balaban J connectivity index is 0.000000288. The molecule has 13 rings (SSSR count). The molecule has 0 N–H and O–H groups in total. The van der Waals surface area contributed by atoms with Gasteiger partial charge in [0.1, 0.15) is 0 Å². The number of hydrogen-bond acceptors (Lipinski definition) is 3. The molecular weight excluding hydrogens is 951 g/mol. The summed E-state index contributed by atoms with van der Waals surface area (Å²) in [6, 6.07) is 73.8. The largest absolute Gasteiger partial charge is 0.332 e. The maximum atomic E-state index is 5.46. The van der Waals surface area contributed by atoms with E-state index in [9.17, 15) is 0 Å². The van der Waals surface area contributed by atoms with Crippen LogP contribution in [0.1, 0.15) is 5.56 Å². The molecule has 4 heterocycles. The summed E-state index contributed by atoms with van der Waals surface area (Å²) in [5, 5.41) is 14.9. The maximum absolute atomic E-state index is 5.46. The van der Waals surface area contributed by atoms with Crippen molar-refractivity contribution in [2.75, 3.05) is 0 Å². The zero-order valence-corrected chi connectivity index (χ0v) is 36.8. The fourth-order valence-corrected chi connectivity index (χ4v) is 10.4. The van der Waals surface area contributed by atoms with Gasteiger partial charge in [-0.15, -0.1) is 54.1 Å². The van der Waals surface area contributed by atoms with Gasteiger partial charge in [-0.05, 0) is 96.1 Å². The third-order valence-electron chi connectivity index (χ3n) is 12.0. The Kier molecular flexibility index (Phi) is 9.47. The summed E-state index contributed by atoms with van der Waals surface area (Å²) in [5.74, 6) is 0.911. The van der Waals surface area contributed by atoms with Crippen LogP contribution in [0.15, 0.2) is 194 Å². The molecule has 0 aliphatic rings. The summed E-state index contributed by atoms with van der Waals surface area (Å²) < 4.78 is 4.89. The van der Waals surface area contributed by atoms with E-state index >= 15 is 0 Å². The molecule has 1 radical (unpaired) electrons. The van der Waals surface area contributed by atoms with Crippen LogP contribution in [-0.2, 0) is 20.1 Å². The number of aromatic nitrogens is 3. The summed E-state index contributed by atoms with van der Waals surface area (Å²) in [4.78, 5) is 9.68. The minimum atomic E-state index is 0. The van der Waals surface area contributed by atoms with E-state index in [-0.39, 0.29) is 20.1 Å². The van der Waals surface area contributed by atoms with E-state index in [0.29, 0.717) is 0 Å². The molecule has 5 heteroatoms. The zero-order chi connectivity index (χ0) is 40.4. The van der Waals surface area contributed by atoms with Gasteiger partial charge >= 0.3 is 0 Å². The first-order valence-electron chi connectivity index (χ1n) is 20.6. The fraction of sp³-hybridized carbons (Fsp3) is 0.0175. The first-order valence-corrected chi connectivity index (χ1v) is 21.4. The standard InChI is InChI=1S/C46H27N2S.C11H8N.Ir/c1-27-20-23-30-28(24-27)21-22-29-25-40-37-16-8-17-38(45(37)49-43(40)26-39(29)30)46-47-41-18-9-15-36-34-13-5-3-11-32(34)31-10-2-4-12-33(31)35-14-6-7-19-42(35)48(46)44(36)41;1-2-6-10(7-3-1)11-8-4-5-9-12-11;/h2-16,18-26H,1H3;1-6,8-9H;/q2*-1;. The molecule has 9 aromatic carbocycles. The van der Waals surface area contributed by atoms with E-state index in [0.717, 1.165) is 39.2 Å². The second kappa shape index (κ2) is 15.5. The minimum absolute atomic E-state index is 0. The Hall–Kier alpha value is -7.01. The van der Waals surface area contributed by atoms with E-state index in [2.05, 4.69) is 174 Å². The molecule has 0 spiro atoms. The smallest absolute Gasteiger partial charge is 0.0780 e. The molecule has 62 heavy (non-hydrogen) atoms. The molecule has 3 nitrogen and oxygen atoms in total. The van der Waals surface area contributed by atoms with Crippen molar-refractivity contribution >= 4 is 102 Å². The zero-order valence-electron chi connectivity index (χ0n) is 33.6. The number of thiophene rings is 1. The topological polar surface area (TPSA) is 30.2 Å². The molecule has 4 aromatic heterocycles. The van der Waals surface area contributed by atoms with E-state index in [1.165, 1.54) is 79.6 Å². The van der Waals surface area contributed by atoms with Gasteiger partial charge in [0.15, 0.2) is 0 Å². The third-order valence-corrected chi connectivity index (χ3v) is 13.1. The van der Waals surface area contributed by atoms with Crippen molar-refractivity contribution in [3.8, 4) is 22.6 Å². The van der Waals surface area contributed by atoms with Gasteiger partial charge in [-0.3, -0.25) is 4.98 Å². The first-order chi connectivity index (χ1) is 30.2. The van der Waals surface area contributed by atoms with Gasteiger partial charge in [0.05, 0.1) is 16.9 Å². The van der Waals surface area contributed by atoms with Crippen molar-refractivity contribution in [3.63, 3.8) is 0 Å². The van der Waals surface area contributed by atoms with E-state index < -0.39 is 0 Å². The average Bonchev–Trinajstić information content (AvgIpc) is 3.90. The molecule has 0 bridgehead atoms. The van der Waals surface area contributed by atoms with Crippen LogP contribution in [0, 0.1) is 19.1 Å². The molecule has 0 unspecified atom stereocenters. The normalized spacial score (nSPS) is 11.5. The summed E-state index contributed by atoms with van der Waals surface area (Å²) in [6.45, 7) is 2.16. The number of rotatable bonds is 2. The van der Waals surface area contributed by atoms with Crippen molar-refractivity contribution in [1.82, 2.24) is 14.4 Å². The monoisotopic (exact) mass is 986 g/mol. The van der Waals surface area contributed by atoms with Crippen molar-refractivity contribution in [3.05, 3.63) is 212 Å². The predicted octanol–water partition coefficient (Wildman–Crippen LogP) is 15.5. The van der Waals surface area contributed by atoms with Crippen molar-refractivity contribution in [2.24, 2.45) is 0 Å². The molecule has 13 aromatic rings. The summed E-state index contributed by atoms with van der Waals surface area (Å²) in [7, 11) is 0. The van der Waals surface area contributed by atoms with E-state index in [1.54, 1.807) is 6.20 Å². The van der Waals surface area contributed by atoms with Gasteiger partial charge < -0.3 is 9.38 Å². The molecule has 0 fully saturated rings. The number of aryl methyl sites for hydroxylation is 1. The molecular formula is C57H35IrN3S-2. The van der Waals surface area contributed by atoms with Crippen LogP contribution in [0.5, 0.6) is 0 Å². The van der Waals surface area contributed by atoms with Crippen molar-refractivity contribution in [2.45, 2.75) is 6.92 Å². The van der Waals surface area contributed by atoms with Gasteiger partial charge in [-0.1, -0.05) is 138 Å². The Morgan fingerprint density at radius 3 is 1.95 bits per heavy atom. The SMILES string of the molecule is Cc1ccc2c(ccc3cc4c(cc32)sc2c(-c3nc5cccc6c7ccccc7c7ccccc7c7ccccc7n3c56)[c-]ccc24)c1.[Ir].[c-]1ccccc1-c1ccccn1. The van der Waals surface area contributed by atoms with Crippen molar-refractivity contribution < 1.29 is 20.1 Å². The summed E-state index contributed by atoms with van der Waals surface area (Å²) >= 11 is 1.85. The minimum Gasteiger partial charge on any atom is -0.332 e. The van der Waals surface area contributed by atoms with Gasteiger partial charge in [0, 0.05) is 47.3 Å².